The number of pyridine rings is 1. The van der Waals surface area contributed by atoms with E-state index in [2.05, 4.69) is 39.3 Å². The molecule has 1 aromatic carbocycles. The molecule has 26 heavy (non-hydrogen) atoms. The minimum Gasteiger partial charge on any atom is -0.306 e. The van der Waals surface area contributed by atoms with Gasteiger partial charge in [-0.05, 0) is 48.2 Å². The van der Waals surface area contributed by atoms with Gasteiger partial charge in [0.1, 0.15) is 0 Å². The Morgan fingerprint density at radius 1 is 1.08 bits per heavy atom. The molecular weight excluding hydrogens is 344 g/mol. The van der Waals surface area contributed by atoms with Crippen LogP contribution in [0.15, 0.2) is 47.4 Å². The standard InChI is InChI=1S/C20H28N4OS/c1-14(2)24-19-16(12-13-17(21-19)20(3,4)5)18(22-24)23-26(6,25)15-10-8-7-9-11-15/h7-14,26H,1-6H3,(H,22,23,25). The Kier molecular flexibility index (Phi) is 4.65. The molecule has 0 bridgehead atoms. The zero-order valence-electron chi connectivity index (χ0n) is 16.3. The van der Waals surface area contributed by atoms with Crippen LogP contribution in [-0.4, -0.2) is 25.2 Å². The van der Waals surface area contributed by atoms with E-state index in [4.69, 9.17) is 10.1 Å². The number of nitrogens with one attached hydrogen (secondary N) is 1. The lowest BCUT2D eigenvalue weighted by molar-refractivity contribution is 0.539. The highest BCUT2D eigenvalue weighted by atomic mass is 32.3. The van der Waals surface area contributed by atoms with E-state index in [1.54, 1.807) is 6.26 Å². The second kappa shape index (κ2) is 6.50. The molecule has 140 valence electrons. The van der Waals surface area contributed by atoms with Crippen molar-refractivity contribution in [2.75, 3.05) is 11.0 Å². The fourth-order valence-electron chi connectivity index (χ4n) is 2.86. The van der Waals surface area contributed by atoms with Crippen LogP contribution >= 0.6 is 0 Å². The third-order valence-electron chi connectivity index (χ3n) is 4.38. The Hall–Kier alpha value is -2.21. The number of benzene rings is 1. The van der Waals surface area contributed by atoms with Crippen molar-refractivity contribution in [3.05, 3.63) is 48.2 Å². The molecule has 0 fully saturated rings. The molecule has 0 atom stereocenters. The maximum absolute atomic E-state index is 13.3. The number of hydrogen-bond donors (Lipinski definition) is 2. The smallest absolute Gasteiger partial charge is 0.168 e. The second-order valence-corrected chi connectivity index (χ2v) is 10.7. The number of anilines is 1. The van der Waals surface area contributed by atoms with Gasteiger partial charge in [0.25, 0.3) is 0 Å². The van der Waals surface area contributed by atoms with Crippen LogP contribution in [0.3, 0.4) is 0 Å². The van der Waals surface area contributed by atoms with E-state index in [9.17, 15) is 4.21 Å². The number of aromatic nitrogens is 3. The molecule has 0 aliphatic heterocycles. The number of thiol groups is 1. The maximum Gasteiger partial charge on any atom is 0.168 e. The number of hydrogen-bond acceptors (Lipinski definition) is 3. The van der Waals surface area contributed by atoms with Crippen LogP contribution in [0.4, 0.5) is 5.82 Å². The Balaban J connectivity index is 2.11. The Morgan fingerprint density at radius 3 is 2.31 bits per heavy atom. The Morgan fingerprint density at radius 2 is 1.73 bits per heavy atom. The van der Waals surface area contributed by atoms with Gasteiger partial charge in [-0.15, -0.1) is 0 Å². The molecule has 0 unspecified atom stereocenters. The van der Waals surface area contributed by atoms with Gasteiger partial charge in [-0.1, -0.05) is 39.0 Å². The molecule has 0 aliphatic carbocycles. The molecule has 2 heterocycles. The van der Waals surface area contributed by atoms with E-state index in [1.807, 2.05) is 47.1 Å². The van der Waals surface area contributed by atoms with Crippen molar-refractivity contribution in [1.29, 1.82) is 0 Å². The van der Waals surface area contributed by atoms with Gasteiger partial charge in [-0.3, -0.25) is 4.21 Å². The highest BCUT2D eigenvalue weighted by molar-refractivity contribution is 8.03. The minimum atomic E-state index is -2.79. The summed E-state index contributed by atoms with van der Waals surface area (Å²) in [6, 6.07) is 13.7. The molecule has 5 nitrogen and oxygen atoms in total. The van der Waals surface area contributed by atoms with E-state index in [0.29, 0.717) is 5.82 Å². The van der Waals surface area contributed by atoms with Crippen molar-refractivity contribution in [1.82, 2.24) is 14.8 Å². The maximum atomic E-state index is 13.3. The van der Waals surface area contributed by atoms with E-state index in [-0.39, 0.29) is 11.5 Å². The number of rotatable bonds is 4. The van der Waals surface area contributed by atoms with E-state index >= 15 is 0 Å². The SMILES string of the molecule is CC(C)n1nc(N[SH](C)(=O)c2ccccc2)c2ccc(C(C)(C)C)nc21. The van der Waals surface area contributed by atoms with E-state index in [1.165, 1.54) is 0 Å². The molecule has 3 rings (SSSR count). The quantitative estimate of drug-likeness (QED) is 0.670. The first-order valence-electron chi connectivity index (χ1n) is 8.91. The van der Waals surface area contributed by atoms with Crippen molar-refractivity contribution in [2.45, 2.75) is 51.0 Å². The van der Waals surface area contributed by atoms with Gasteiger partial charge < -0.3 is 4.72 Å². The van der Waals surface area contributed by atoms with Crippen LogP contribution in [-0.2, 0) is 15.5 Å². The summed E-state index contributed by atoms with van der Waals surface area (Å²) in [4.78, 5) is 5.65. The molecule has 0 aliphatic rings. The highest BCUT2D eigenvalue weighted by Crippen LogP contribution is 2.30. The summed E-state index contributed by atoms with van der Waals surface area (Å²) in [5.41, 5.74) is 1.79. The van der Waals surface area contributed by atoms with Crippen molar-refractivity contribution in [2.24, 2.45) is 0 Å². The zero-order chi connectivity index (χ0) is 19.1. The monoisotopic (exact) mass is 372 g/mol. The largest absolute Gasteiger partial charge is 0.306 e. The molecule has 3 aromatic rings. The predicted octanol–water partition coefficient (Wildman–Crippen LogP) is 4.34. The van der Waals surface area contributed by atoms with Crippen LogP contribution in [0.25, 0.3) is 11.0 Å². The zero-order valence-corrected chi connectivity index (χ0v) is 17.2. The average Bonchev–Trinajstić information content (AvgIpc) is 2.92. The summed E-state index contributed by atoms with van der Waals surface area (Å²) in [6.07, 6.45) is 1.74. The topological polar surface area (TPSA) is 59.8 Å². The fraction of sp³-hybridized carbons (Fsp3) is 0.400. The molecule has 0 radical (unpaired) electrons. The first kappa shape index (κ1) is 18.6. The Bertz CT molecular complexity index is 971. The highest BCUT2D eigenvalue weighted by Gasteiger charge is 2.22. The third-order valence-corrected chi connectivity index (χ3v) is 6.30. The number of nitrogens with zero attached hydrogens (tertiary/aromatic N) is 3. The first-order valence-corrected chi connectivity index (χ1v) is 11.1. The summed E-state index contributed by atoms with van der Waals surface area (Å²) < 4.78 is 18.3. The molecule has 6 heteroatoms. The third kappa shape index (κ3) is 3.51. The molecule has 0 saturated carbocycles. The molecule has 0 saturated heterocycles. The second-order valence-electron chi connectivity index (χ2n) is 8.08. The fourth-order valence-corrected chi connectivity index (χ4v) is 4.30. The lowest BCUT2D eigenvalue weighted by Crippen LogP contribution is -2.21. The lowest BCUT2D eigenvalue weighted by atomic mass is 9.91. The molecule has 0 amide bonds. The van der Waals surface area contributed by atoms with Gasteiger partial charge in [0.15, 0.2) is 11.5 Å². The van der Waals surface area contributed by atoms with E-state index in [0.717, 1.165) is 21.6 Å². The van der Waals surface area contributed by atoms with Crippen LogP contribution < -0.4 is 4.72 Å². The van der Waals surface area contributed by atoms with Crippen LogP contribution in [0.1, 0.15) is 46.4 Å². The molecule has 1 N–H and O–H groups in total. The molecule has 2 aromatic heterocycles. The normalized spacial score (nSPS) is 13.3. The molecular formula is C20H28N4OS. The summed E-state index contributed by atoms with van der Waals surface area (Å²) in [5.74, 6) is 0.622. The van der Waals surface area contributed by atoms with Crippen molar-refractivity contribution < 1.29 is 4.21 Å². The average molecular weight is 373 g/mol. The summed E-state index contributed by atoms with van der Waals surface area (Å²) in [5, 5.41) is 5.59. The van der Waals surface area contributed by atoms with Crippen molar-refractivity contribution >= 4 is 27.0 Å². The first-order chi connectivity index (χ1) is 12.1. The van der Waals surface area contributed by atoms with Crippen LogP contribution in [0, 0.1) is 0 Å². The van der Waals surface area contributed by atoms with Crippen LogP contribution in [0.5, 0.6) is 0 Å². The molecule has 0 spiro atoms. The summed E-state index contributed by atoms with van der Waals surface area (Å²) in [6.45, 7) is 10.6. The van der Waals surface area contributed by atoms with Crippen LogP contribution in [0.2, 0.25) is 0 Å². The van der Waals surface area contributed by atoms with Gasteiger partial charge in [-0.25, -0.2) is 9.67 Å². The lowest BCUT2D eigenvalue weighted by Gasteiger charge is -2.21. The van der Waals surface area contributed by atoms with Gasteiger partial charge in [-0.2, -0.15) is 5.10 Å². The minimum absolute atomic E-state index is 0.0437. The predicted molar refractivity (Wildman–Crippen MR) is 110 cm³/mol. The van der Waals surface area contributed by atoms with Gasteiger partial charge in [0.05, 0.1) is 5.39 Å². The number of fused-ring (bicyclic) bond motifs is 1. The van der Waals surface area contributed by atoms with Gasteiger partial charge in [0, 0.05) is 28.3 Å². The summed E-state index contributed by atoms with van der Waals surface area (Å²) >= 11 is 0. The Labute approximate surface area is 156 Å². The van der Waals surface area contributed by atoms with Crippen molar-refractivity contribution in [3.63, 3.8) is 0 Å². The van der Waals surface area contributed by atoms with Crippen molar-refractivity contribution in [3.8, 4) is 0 Å². The summed E-state index contributed by atoms with van der Waals surface area (Å²) in [7, 11) is -2.79. The van der Waals surface area contributed by atoms with Gasteiger partial charge >= 0.3 is 0 Å². The van der Waals surface area contributed by atoms with Gasteiger partial charge in [0.2, 0.25) is 0 Å². The van der Waals surface area contributed by atoms with E-state index < -0.39 is 10.1 Å².